The number of rotatable bonds is 1. The topological polar surface area (TPSA) is 71.0 Å². The number of halogens is 1. The van der Waals surface area contributed by atoms with Crippen LogP contribution in [0.5, 0.6) is 0 Å². The maximum atomic E-state index is 13.3. The van der Waals surface area contributed by atoms with E-state index in [2.05, 4.69) is 10.2 Å². The van der Waals surface area contributed by atoms with E-state index < -0.39 is 5.92 Å². The quantitative estimate of drug-likeness (QED) is 0.728. The molecule has 0 radical (unpaired) electrons. The average Bonchev–Trinajstić information content (AvgIpc) is 2.94. The van der Waals surface area contributed by atoms with Crippen molar-refractivity contribution in [2.45, 2.75) is 19.8 Å². The molecule has 2 heterocycles. The van der Waals surface area contributed by atoms with E-state index in [4.69, 9.17) is 11.6 Å². The number of H-pyrrole nitrogens is 1. The summed E-state index contributed by atoms with van der Waals surface area (Å²) in [5.41, 5.74) is 2.44. The van der Waals surface area contributed by atoms with E-state index in [-0.39, 0.29) is 11.6 Å². The number of hydrogen-bond donors (Lipinski definition) is 1. The van der Waals surface area contributed by atoms with Gasteiger partial charge >= 0.3 is 5.69 Å². The lowest BCUT2D eigenvalue weighted by atomic mass is 10.1. The highest BCUT2D eigenvalue weighted by Gasteiger charge is 2.35. The maximum Gasteiger partial charge on any atom is 0.348 e. The molecule has 0 fully saturated rings. The van der Waals surface area contributed by atoms with E-state index in [9.17, 15) is 9.59 Å². The highest BCUT2D eigenvalue weighted by Crippen LogP contribution is 2.39. The van der Waals surface area contributed by atoms with Crippen LogP contribution >= 0.6 is 11.6 Å². The summed E-state index contributed by atoms with van der Waals surface area (Å²) >= 11 is 6.20. The number of para-hydroxylation sites is 1. The molecule has 1 unspecified atom stereocenters. The minimum absolute atomic E-state index is 0.171. The summed E-state index contributed by atoms with van der Waals surface area (Å²) in [4.78, 5) is 27.2. The van der Waals surface area contributed by atoms with Gasteiger partial charge in [-0.2, -0.15) is 5.10 Å². The highest BCUT2D eigenvalue weighted by atomic mass is 35.5. The van der Waals surface area contributed by atoms with Crippen LogP contribution in [-0.4, -0.2) is 20.7 Å². The fraction of sp³-hybridized carbons (Fsp3) is 0.167. The van der Waals surface area contributed by atoms with Gasteiger partial charge < -0.3 is 0 Å². The van der Waals surface area contributed by atoms with E-state index in [0.717, 1.165) is 11.3 Å². The first kappa shape index (κ1) is 15.7. The molecule has 0 saturated heterocycles. The van der Waals surface area contributed by atoms with Crippen molar-refractivity contribution < 1.29 is 4.79 Å². The van der Waals surface area contributed by atoms with E-state index >= 15 is 0 Å². The fourth-order valence-corrected chi connectivity index (χ4v) is 3.35. The van der Waals surface area contributed by atoms with Crippen molar-refractivity contribution in [1.82, 2.24) is 14.8 Å². The lowest BCUT2D eigenvalue weighted by Gasteiger charge is -2.26. The third-order valence-electron chi connectivity index (χ3n) is 4.45. The second-order valence-corrected chi connectivity index (χ2v) is 6.47. The molecule has 1 aromatic heterocycles. The molecular formula is C18H15ClN4O2. The minimum atomic E-state index is -0.593. The molecular weight excluding hydrogens is 340 g/mol. The SMILES string of the molecule is Cc1ccccc1N1C(=O)C(C)c2n[nH]c(=O)n2-c2ccc(Cl)cc21. The predicted molar refractivity (Wildman–Crippen MR) is 95.9 cm³/mol. The zero-order chi connectivity index (χ0) is 17.7. The van der Waals surface area contributed by atoms with Gasteiger partial charge in [-0.15, -0.1) is 0 Å². The van der Waals surface area contributed by atoms with Gasteiger partial charge in [-0.1, -0.05) is 29.8 Å². The number of amides is 1. The number of aryl methyl sites for hydroxylation is 1. The second kappa shape index (κ2) is 5.60. The van der Waals surface area contributed by atoms with E-state index in [0.29, 0.717) is 22.2 Å². The predicted octanol–water partition coefficient (Wildman–Crippen LogP) is 3.30. The number of nitrogens with one attached hydrogen (secondary N) is 1. The van der Waals surface area contributed by atoms with Crippen molar-refractivity contribution in [3.8, 4) is 5.69 Å². The lowest BCUT2D eigenvalue weighted by molar-refractivity contribution is -0.119. The Kier molecular flexibility index (Phi) is 3.51. The van der Waals surface area contributed by atoms with Crippen LogP contribution in [0.25, 0.3) is 5.69 Å². The molecule has 0 bridgehead atoms. The van der Waals surface area contributed by atoms with Crippen LogP contribution in [0.15, 0.2) is 47.3 Å². The molecule has 2 aromatic carbocycles. The van der Waals surface area contributed by atoms with Gasteiger partial charge in [0.25, 0.3) is 0 Å². The average molecular weight is 355 g/mol. The monoisotopic (exact) mass is 354 g/mol. The van der Waals surface area contributed by atoms with Crippen molar-refractivity contribution in [1.29, 1.82) is 0 Å². The number of fused-ring (bicyclic) bond motifs is 3. The molecule has 7 heteroatoms. The Morgan fingerprint density at radius 2 is 1.84 bits per heavy atom. The Hall–Kier alpha value is -2.86. The first-order valence-corrected chi connectivity index (χ1v) is 8.23. The van der Waals surface area contributed by atoms with Crippen molar-refractivity contribution in [3.05, 3.63) is 69.4 Å². The zero-order valence-corrected chi connectivity index (χ0v) is 14.4. The first-order valence-electron chi connectivity index (χ1n) is 7.86. The second-order valence-electron chi connectivity index (χ2n) is 6.04. The van der Waals surface area contributed by atoms with Crippen LogP contribution in [0.1, 0.15) is 24.2 Å². The number of aromatic amines is 1. The van der Waals surface area contributed by atoms with E-state index in [1.165, 1.54) is 4.57 Å². The summed E-state index contributed by atoms with van der Waals surface area (Å²) in [5, 5.41) is 6.98. The summed E-state index contributed by atoms with van der Waals surface area (Å²) in [7, 11) is 0. The van der Waals surface area contributed by atoms with Crippen molar-refractivity contribution in [3.63, 3.8) is 0 Å². The Bertz CT molecular complexity index is 1050. The number of anilines is 2. The molecule has 1 amide bonds. The molecule has 4 rings (SSSR count). The van der Waals surface area contributed by atoms with Gasteiger partial charge in [-0.3, -0.25) is 9.69 Å². The van der Waals surface area contributed by atoms with Crippen LogP contribution in [-0.2, 0) is 4.79 Å². The summed E-state index contributed by atoms with van der Waals surface area (Å²) in [5.74, 6) is -0.380. The summed E-state index contributed by atoms with van der Waals surface area (Å²) < 4.78 is 1.44. The van der Waals surface area contributed by atoms with E-state index in [1.54, 1.807) is 30.0 Å². The van der Waals surface area contributed by atoms with Gasteiger partial charge in [0, 0.05) is 5.02 Å². The van der Waals surface area contributed by atoms with Crippen LogP contribution < -0.4 is 10.6 Å². The molecule has 126 valence electrons. The summed E-state index contributed by atoms with van der Waals surface area (Å²) in [6.07, 6.45) is 0. The van der Waals surface area contributed by atoms with Gasteiger partial charge in [0.1, 0.15) is 5.82 Å². The molecule has 0 aliphatic carbocycles. The number of carbonyl (C=O) groups excluding carboxylic acids is 1. The Balaban J connectivity index is 2.09. The highest BCUT2D eigenvalue weighted by molar-refractivity contribution is 6.31. The normalized spacial score (nSPS) is 16.4. The number of aromatic nitrogens is 3. The van der Waals surface area contributed by atoms with Gasteiger partial charge in [0.15, 0.2) is 0 Å². The van der Waals surface area contributed by atoms with Gasteiger partial charge in [0.2, 0.25) is 5.91 Å². The van der Waals surface area contributed by atoms with E-state index in [1.807, 2.05) is 31.2 Å². The Morgan fingerprint density at radius 3 is 2.60 bits per heavy atom. The summed E-state index contributed by atoms with van der Waals surface area (Å²) in [6, 6.07) is 12.7. The number of benzene rings is 2. The maximum absolute atomic E-state index is 13.3. The van der Waals surface area contributed by atoms with Crippen molar-refractivity contribution in [2.24, 2.45) is 0 Å². The summed E-state index contributed by atoms with van der Waals surface area (Å²) in [6.45, 7) is 3.68. The molecule has 0 saturated carbocycles. The van der Waals surface area contributed by atoms with Gasteiger partial charge in [-0.25, -0.2) is 14.5 Å². The minimum Gasteiger partial charge on any atom is -0.278 e. The van der Waals surface area contributed by atoms with Gasteiger partial charge in [-0.05, 0) is 43.7 Å². The molecule has 1 N–H and O–H groups in total. The molecule has 1 aliphatic heterocycles. The zero-order valence-electron chi connectivity index (χ0n) is 13.7. The molecule has 1 aliphatic rings. The standard InChI is InChI=1S/C18H15ClN4O2/c1-10-5-3-4-6-13(10)22-15-9-12(19)7-8-14(15)23-16(11(2)17(22)24)20-21-18(23)25/h3-9,11H,1-2H3,(H,21,25). The molecule has 1 atom stereocenters. The third kappa shape index (κ3) is 2.29. The molecule has 3 aromatic rings. The van der Waals surface area contributed by atoms with Crippen LogP contribution in [0.2, 0.25) is 5.02 Å². The number of carbonyl (C=O) groups is 1. The first-order chi connectivity index (χ1) is 12.0. The smallest absolute Gasteiger partial charge is 0.278 e. The lowest BCUT2D eigenvalue weighted by Crippen LogP contribution is -2.30. The Morgan fingerprint density at radius 1 is 1.08 bits per heavy atom. The molecule has 0 spiro atoms. The van der Waals surface area contributed by atoms with Gasteiger partial charge in [0.05, 0.1) is 23.0 Å². The molecule has 25 heavy (non-hydrogen) atoms. The Labute approximate surface area is 148 Å². The van der Waals surface area contributed by atoms with Crippen LogP contribution in [0, 0.1) is 6.92 Å². The van der Waals surface area contributed by atoms with Crippen molar-refractivity contribution in [2.75, 3.05) is 4.90 Å². The number of nitrogens with zero attached hydrogens (tertiary/aromatic N) is 3. The molecule has 6 nitrogen and oxygen atoms in total. The van der Waals surface area contributed by atoms with Crippen molar-refractivity contribution >= 4 is 28.9 Å². The van der Waals surface area contributed by atoms with Crippen LogP contribution in [0.4, 0.5) is 11.4 Å². The third-order valence-corrected chi connectivity index (χ3v) is 4.69. The fourth-order valence-electron chi connectivity index (χ4n) is 3.18. The van der Waals surface area contributed by atoms with Crippen LogP contribution in [0.3, 0.4) is 0 Å². The number of hydrogen-bond acceptors (Lipinski definition) is 3. The largest absolute Gasteiger partial charge is 0.348 e.